The summed E-state index contributed by atoms with van der Waals surface area (Å²) in [6.07, 6.45) is 3.35. The van der Waals surface area contributed by atoms with Gasteiger partial charge in [0.25, 0.3) is 0 Å². The van der Waals surface area contributed by atoms with E-state index in [0.717, 1.165) is 33.3 Å². The number of hydrogen-bond acceptors (Lipinski definition) is 7. The van der Waals surface area contributed by atoms with E-state index in [0.29, 0.717) is 34.1 Å². The molecule has 0 radical (unpaired) electrons. The molecule has 3 aromatic carbocycles. The zero-order valence-electron chi connectivity index (χ0n) is 22.8. The summed E-state index contributed by atoms with van der Waals surface area (Å²) < 4.78 is 11.4. The minimum Gasteiger partial charge on any atom is -0.495 e. The molecule has 198 valence electrons. The van der Waals surface area contributed by atoms with Crippen LogP contribution in [0.25, 0.3) is 32.9 Å². The molecule has 0 saturated heterocycles. The Kier molecular flexibility index (Phi) is 6.48. The minimum absolute atomic E-state index is 0.176. The van der Waals surface area contributed by atoms with Gasteiger partial charge in [-0.15, -0.1) is 5.10 Å². The Balaban J connectivity index is 1.33. The molecular weight excluding hydrogens is 498 g/mol. The second-order valence-electron chi connectivity index (χ2n) is 10.5. The maximum atomic E-state index is 6.16. The number of pyridine rings is 2. The topological polar surface area (TPSA) is 82.0 Å². The molecule has 7 heteroatoms. The summed E-state index contributed by atoms with van der Waals surface area (Å²) in [5, 5.41) is 14.9. The molecule has 0 unspecified atom stereocenters. The van der Waals surface area contributed by atoms with Crippen LogP contribution in [-0.4, -0.2) is 27.3 Å². The Morgan fingerprint density at radius 1 is 0.775 bits per heavy atom. The molecule has 7 nitrogen and oxygen atoms in total. The maximum Gasteiger partial charge on any atom is 0.161 e. The first-order valence-electron chi connectivity index (χ1n) is 13.1. The number of hydrogen-bond donors (Lipinski definition) is 1. The van der Waals surface area contributed by atoms with Gasteiger partial charge in [-0.2, -0.15) is 5.10 Å². The van der Waals surface area contributed by atoms with Crippen molar-refractivity contribution in [2.24, 2.45) is 0 Å². The number of ether oxygens (including phenoxy) is 2. The zero-order valence-corrected chi connectivity index (χ0v) is 22.8. The average Bonchev–Trinajstić information content (AvgIpc) is 2.97. The SMILES string of the molecule is COc1cnc2c(Oc3ccc(Nc4nnc(C(C)(C)C)c5c(-c6ccccc6)cccc45)cc3)ccnc2c1. The monoisotopic (exact) mass is 527 g/mol. The quantitative estimate of drug-likeness (QED) is 0.234. The molecule has 0 atom stereocenters. The van der Waals surface area contributed by atoms with E-state index in [1.165, 1.54) is 0 Å². The van der Waals surface area contributed by atoms with Crippen molar-refractivity contribution in [3.8, 4) is 28.4 Å². The van der Waals surface area contributed by atoms with Crippen LogP contribution in [0.2, 0.25) is 0 Å². The first-order valence-corrected chi connectivity index (χ1v) is 13.1. The van der Waals surface area contributed by atoms with Gasteiger partial charge >= 0.3 is 0 Å². The van der Waals surface area contributed by atoms with E-state index in [4.69, 9.17) is 14.6 Å². The van der Waals surface area contributed by atoms with Crippen molar-refractivity contribution >= 4 is 33.3 Å². The third-order valence-electron chi connectivity index (χ3n) is 6.70. The number of nitrogens with one attached hydrogen (secondary N) is 1. The second kappa shape index (κ2) is 10.3. The van der Waals surface area contributed by atoms with Crippen molar-refractivity contribution < 1.29 is 9.47 Å². The van der Waals surface area contributed by atoms with E-state index in [1.54, 1.807) is 25.6 Å². The van der Waals surface area contributed by atoms with E-state index in [2.05, 4.69) is 83.6 Å². The summed E-state index contributed by atoms with van der Waals surface area (Å²) >= 11 is 0. The van der Waals surface area contributed by atoms with Gasteiger partial charge in [0, 0.05) is 40.2 Å². The van der Waals surface area contributed by atoms with Crippen LogP contribution in [-0.2, 0) is 5.41 Å². The van der Waals surface area contributed by atoms with Gasteiger partial charge in [0.2, 0.25) is 0 Å². The molecule has 6 aromatic rings. The van der Waals surface area contributed by atoms with Gasteiger partial charge in [0.05, 0.1) is 24.5 Å². The zero-order chi connectivity index (χ0) is 27.7. The van der Waals surface area contributed by atoms with Crippen LogP contribution in [0, 0.1) is 0 Å². The molecule has 3 aromatic heterocycles. The average molecular weight is 528 g/mol. The van der Waals surface area contributed by atoms with Crippen LogP contribution >= 0.6 is 0 Å². The molecule has 0 spiro atoms. The lowest BCUT2D eigenvalue weighted by Gasteiger charge is -2.22. The second-order valence-corrected chi connectivity index (χ2v) is 10.5. The van der Waals surface area contributed by atoms with E-state index in [9.17, 15) is 0 Å². The van der Waals surface area contributed by atoms with Crippen molar-refractivity contribution in [3.05, 3.63) is 103 Å². The normalized spacial score (nSPS) is 11.5. The fourth-order valence-corrected chi connectivity index (χ4v) is 4.74. The van der Waals surface area contributed by atoms with E-state index in [1.807, 2.05) is 36.4 Å². The highest BCUT2D eigenvalue weighted by molar-refractivity contribution is 6.04. The van der Waals surface area contributed by atoms with Crippen LogP contribution < -0.4 is 14.8 Å². The lowest BCUT2D eigenvalue weighted by atomic mass is 9.85. The molecule has 0 aliphatic rings. The van der Waals surface area contributed by atoms with E-state index < -0.39 is 0 Å². The van der Waals surface area contributed by atoms with E-state index >= 15 is 0 Å². The van der Waals surface area contributed by atoms with E-state index in [-0.39, 0.29) is 5.41 Å². The molecule has 3 heterocycles. The highest BCUT2D eigenvalue weighted by Crippen LogP contribution is 2.38. The van der Waals surface area contributed by atoms with Crippen LogP contribution in [0.1, 0.15) is 26.5 Å². The number of fused-ring (bicyclic) bond motifs is 2. The molecule has 0 aliphatic carbocycles. The van der Waals surface area contributed by atoms with Crippen molar-refractivity contribution in [2.75, 3.05) is 12.4 Å². The number of aromatic nitrogens is 4. The van der Waals surface area contributed by atoms with Gasteiger partial charge < -0.3 is 14.8 Å². The highest BCUT2D eigenvalue weighted by atomic mass is 16.5. The lowest BCUT2D eigenvalue weighted by molar-refractivity contribution is 0.413. The Morgan fingerprint density at radius 2 is 1.57 bits per heavy atom. The van der Waals surface area contributed by atoms with Gasteiger partial charge in [-0.25, -0.2) is 4.98 Å². The first kappa shape index (κ1) is 25.2. The van der Waals surface area contributed by atoms with Crippen molar-refractivity contribution in [3.63, 3.8) is 0 Å². The fourth-order valence-electron chi connectivity index (χ4n) is 4.74. The predicted octanol–water partition coefficient (Wildman–Crippen LogP) is 8.08. The number of anilines is 2. The Bertz CT molecular complexity index is 1810. The third-order valence-corrected chi connectivity index (χ3v) is 6.70. The summed E-state index contributed by atoms with van der Waals surface area (Å²) in [5.74, 6) is 2.65. The van der Waals surface area contributed by atoms with Crippen LogP contribution in [0.3, 0.4) is 0 Å². The third kappa shape index (κ3) is 4.89. The minimum atomic E-state index is -0.176. The fraction of sp³-hybridized carbons (Fsp3) is 0.152. The smallest absolute Gasteiger partial charge is 0.161 e. The van der Waals surface area contributed by atoms with Gasteiger partial charge in [-0.05, 0) is 35.4 Å². The predicted molar refractivity (Wildman–Crippen MR) is 160 cm³/mol. The molecule has 0 amide bonds. The molecule has 0 bridgehead atoms. The van der Waals surface area contributed by atoms with Gasteiger partial charge in [-0.3, -0.25) is 4.98 Å². The number of nitrogens with zero attached hydrogens (tertiary/aromatic N) is 4. The summed E-state index contributed by atoms with van der Waals surface area (Å²) in [6, 6.07) is 28.1. The molecular formula is C33H29N5O2. The summed E-state index contributed by atoms with van der Waals surface area (Å²) in [7, 11) is 1.61. The van der Waals surface area contributed by atoms with Crippen molar-refractivity contribution in [1.82, 2.24) is 20.2 Å². The standard InChI is InChI=1S/C33H29N5O2/c1-33(2,3)31-29-25(21-9-6-5-7-10-21)11-8-12-26(29)32(38-37-31)36-22-13-15-23(16-14-22)40-28-17-18-34-27-19-24(39-4)20-35-30(27)28/h5-20H,1-4H3,(H,36,38). The summed E-state index contributed by atoms with van der Waals surface area (Å²) in [6.45, 7) is 6.51. The molecule has 0 fully saturated rings. The van der Waals surface area contributed by atoms with Crippen LogP contribution in [0.4, 0.5) is 11.5 Å². The summed E-state index contributed by atoms with van der Waals surface area (Å²) in [4.78, 5) is 8.84. The van der Waals surface area contributed by atoms with Crippen LogP contribution in [0.5, 0.6) is 17.2 Å². The molecule has 0 saturated carbocycles. The largest absolute Gasteiger partial charge is 0.495 e. The lowest BCUT2D eigenvalue weighted by Crippen LogP contribution is -2.16. The Labute approximate surface area is 232 Å². The van der Waals surface area contributed by atoms with Gasteiger partial charge in [-0.1, -0.05) is 69.3 Å². The molecule has 40 heavy (non-hydrogen) atoms. The Hall–Kier alpha value is -5.04. The first-order chi connectivity index (χ1) is 19.4. The number of methoxy groups -OCH3 is 1. The Morgan fingerprint density at radius 3 is 2.33 bits per heavy atom. The maximum absolute atomic E-state index is 6.16. The van der Waals surface area contributed by atoms with Gasteiger partial charge in [0.15, 0.2) is 11.6 Å². The van der Waals surface area contributed by atoms with Gasteiger partial charge in [0.1, 0.15) is 17.0 Å². The number of benzene rings is 3. The summed E-state index contributed by atoms with van der Waals surface area (Å²) in [5.41, 5.74) is 5.32. The highest BCUT2D eigenvalue weighted by Gasteiger charge is 2.23. The number of rotatable bonds is 6. The van der Waals surface area contributed by atoms with Crippen molar-refractivity contribution in [2.45, 2.75) is 26.2 Å². The molecule has 1 N–H and O–H groups in total. The molecule has 0 aliphatic heterocycles. The van der Waals surface area contributed by atoms with Crippen LogP contribution in [0.15, 0.2) is 97.3 Å². The van der Waals surface area contributed by atoms with Crippen molar-refractivity contribution in [1.29, 1.82) is 0 Å². The molecule has 6 rings (SSSR count).